The standard InChI is InChI=1S/C14H21NO2S/c1-14(2,17)10-15(3)9-13(16)11-5-7-12(18-4)8-6-11/h5-8,17H,9-10H2,1-4H3. The van der Waals surface area contributed by atoms with Gasteiger partial charge >= 0.3 is 0 Å². The molecule has 0 bridgehead atoms. The first-order valence-corrected chi connectivity index (χ1v) is 7.12. The highest BCUT2D eigenvalue weighted by molar-refractivity contribution is 7.98. The minimum Gasteiger partial charge on any atom is -0.389 e. The van der Waals surface area contributed by atoms with Crippen molar-refractivity contribution in [2.45, 2.75) is 24.3 Å². The zero-order valence-corrected chi connectivity index (χ0v) is 12.3. The van der Waals surface area contributed by atoms with Crippen molar-refractivity contribution < 1.29 is 9.90 Å². The maximum Gasteiger partial charge on any atom is 0.176 e. The van der Waals surface area contributed by atoms with E-state index in [4.69, 9.17) is 0 Å². The van der Waals surface area contributed by atoms with Gasteiger partial charge in [-0.15, -0.1) is 11.8 Å². The summed E-state index contributed by atoms with van der Waals surface area (Å²) in [7, 11) is 1.84. The van der Waals surface area contributed by atoms with E-state index >= 15 is 0 Å². The van der Waals surface area contributed by atoms with Gasteiger partial charge in [0.2, 0.25) is 0 Å². The number of ketones is 1. The molecule has 1 aromatic carbocycles. The van der Waals surface area contributed by atoms with Crippen LogP contribution in [0.25, 0.3) is 0 Å². The Hall–Kier alpha value is -0.840. The van der Waals surface area contributed by atoms with Crippen molar-refractivity contribution in [3.63, 3.8) is 0 Å². The van der Waals surface area contributed by atoms with Crippen LogP contribution in [-0.4, -0.2) is 47.8 Å². The number of nitrogens with zero attached hydrogens (tertiary/aromatic N) is 1. The fourth-order valence-corrected chi connectivity index (χ4v) is 2.24. The van der Waals surface area contributed by atoms with E-state index in [2.05, 4.69) is 0 Å². The molecule has 3 nitrogen and oxygen atoms in total. The molecule has 0 unspecified atom stereocenters. The van der Waals surface area contributed by atoms with Gasteiger partial charge in [-0.2, -0.15) is 0 Å². The van der Waals surface area contributed by atoms with E-state index < -0.39 is 5.60 Å². The van der Waals surface area contributed by atoms with E-state index in [1.807, 2.05) is 42.5 Å². The minimum atomic E-state index is -0.780. The zero-order valence-electron chi connectivity index (χ0n) is 11.4. The third kappa shape index (κ3) is 5.21. The van der Waals surface area contributed by atoms with Crippen molar-refractivity contribution in [2.24, 2.45) is 0 Å². The third-order valence-electron chi connectivity index (χ3n) is 2.48. The van der Waals surface area contributed by atoms with Gasteiger partial charge in [0, 0.05) is 17.0 Å². The molecule has 4 heteroatoms. The normalized spacial score (nSPS) is 11.9. The molecule has 0 saturated carbocycles. The molecule has 0 atom stereocenters. The Morgan fingerprint density at radius 3 is 2.33 bits per heavy atom. The number of aliphatic hydroxyl groups is 1. The van der Waals surface area contributed by atoms with Crippen LogP contribution in [0.3, 0.4) is 0 Å². The minimum absolute atomic E-state index is 0.0782. The Bertz CT molecular complexity index is 395. The summed E-state index contributed by atoms with van der Waals surface area (Å²) in [6, 6.07) is 7.61. The first kappa shape index (κ1) is 15.2. The van der Waals surface area contributed by atoms with Gasteiger partial charge in [0.1, 0.15) is 0 Å². The molecule has 1 N–H and O–H groups in total. The van der Waals surface area contributed by atoms with Crippen molar-refractivity contribution in [1.82, 2.24) is 4.90 Å². The van der Waals surface area contributed by atoms with Crippen LogP contribution in [-0.2, 0) is 0 Å². The molecule has 0 spiro atoms. The van der Waals surface area contributed by atoms with Gasteiger partial charge in [-0.3, -0.25) is 9.69 Å². The van der Waals surface area contributed by atoms with Crippen LogP contribution in [0.5, 0.6) is 0 Å². The third-order valence-corrected chi connectivity index (χ3v) is 3.23. The van der Waals surface area contributed by atoms with Crippen molar-refractivity contribution in [2.75, 3.05) is 26.4 Å². The fourth-order valence-electron chi connectivity index (χ4n) is 1.83. The summed E-state index contributed by atoms with van der Waals surface area (Å²) in [5, 5.41) is 9.68. The van der Waals surface area contributed by atoms with Gasteiger partial charge in [0.15, 0.2) is 5.78 Å². The van der Waals surface area contributed by atoms with E-state index in [1.54, 1.807) is 25.6 Å². The van der Waals surface area contributed by atoms with E-state index in [0.717, 1.165) is 10.5 Å². The number of carbonyl (C=O) groups excluding carboxylic acids is 1. The van der Waals surface area contributed by atoms with Crippen LogP contribution in [0.1, 0.15) is 24.2 Å². The molecule has 0 aliphatic rings. The summed E-state index contributed by atoms with van der Waals surface area (Å²) in [5.41, 5.74) is -0.0621. The number of likely N-dealkylation sites (N-methyl/N-ethyl adjacent to an activating group) is 1. The number of carbonyl (C=O) groups is 1. The van der Waals surface area contributed by atoms with Crippen LogP contribution in [0.15, 0.2) is 29.2 Å². The summed E-state index contributed by atoms with van der Waals surface area (Å²) in [6.45, 7) is 4.27. The lowest BCUT2D eigenvalue weighted by Crippen LogP contribution is -2.38. The van der Waals surface area contributed by atoms with E-state index in [0.29, 0.717) is 13.1 Å². The Morgan fingerprint density at radius 1 is 1.33 bits per heavy atom. The van der Waals surface area contributed by atoms with Crippen molar-refractivity contribution in [1.29, 1.82) is 0 Å². The summed E-state index contributed by atoms with van der Waals surface area (Å²) < 4.78 is 0. The Labute approximate surface area is 113 Å². The molecule has 0 amide bonds. The van der Waals surface area contributed by atoms with Crippen molar-refractivity contribution >= 4 is 17.5 Å². The first-order valence-electron chi connectivity index (χ1n) is 5.90. The van der Waals surface area contributed by atoms with Crippen LogP contribution >= 0.6 is 11.8 Å². The zero-order chi connectivity index (χ0) is 13.8. The van der Waals surface area contributed by atoms with Crippen molar-refractivity contribution in [3.05, 3.63) is 29.8 Å². The molecule has 1 aromatic rings. The summed E-state index contributed by atoms with van der Waals surface area (Å²) in [5.74, 6) is 0.0782. The lowest BCUT2D eigenvalue weighted by atomic mass is 10.1. The van der Waals surface area contributed by atoms with E-state index in [9.17, 15) is 9.90 Å². The maximum absolute atomic E-state index is 12.0. The van der Waals surface area contributed by atoms with Gasteiger partial charge < -0.3 is 5.11 Å². The monoisotopic (exact) mass is 267 g/mol. The van der Waals surface area contributed by atoms with Crippen LogP contribution in [0.4, 0.5) is 0 Å². The lowest BCUT2D eigenvalue weighted by molar-refractivity contribution is 0.0439. The maximum atomic E-state index is 12.0. The summed E-state index contributed by atoms with van der Waals surface area (Å²) in [4.78, 5) is 15.0. The number of hydrogen-bond acceptors (Lipinski definition) is 4. The topological polar surface area (TPSA) is 40.5 Å². The highest BCUT2D eigenvalue weighted by atomic mass is 32.2. The molecule has 0 saturated heterocycles. The number of rotatable bonds is 6. The average molecular weight is 267 g/mol. The molecule has 0 aliphatic heterocycles. The van der Waals surface area contributed by atoms with Gasteiger partial charge in [0.25, 0.3) is 0 Å². The lowest BCUT2D eigenvalue weighted by Gasteiger charge is -2.24. The summed E-state index contributed by atoms with van der Waals surface area (Å²) >= 11 is 1.66. The molecular weight excluding hydrogens is 246 g/mol. The molecule has 18 heavy (non-hydrogen) atoms. The second-order valence-electron chi connectivity index (χ2n) is 5.14. The predicted octanol–water partition coefficient (Wildman–Crippen LogP) is 2.29. The molecular formula is C14H21NO2S. The molecule has 1 rings (SSSR count). The second-order valence-corrected chi connectivity index (χ2v) is 6.02. The first-order chi connectivity index (χ1) is 8.31. The largest absolute Gasteiger partial charge is 0.389 e. The summed E-state index contributed by atoms with van der Waals surface area (Å²) in [6.07, 6.45) is 2.01. The number of hydrogen-bond donors (Lipinski definition) is 1. The molecule has 0 radical (unpaired) electrons. The average Bonchev–Trinajstić information content (AvgIpc) is 2.26. The van der Waals surface area contributed by atoms with E-state index in [-0.39, 0.29) is 5.78 Å². The Balaban J connectivity index is 2.59. The van der Waals surface area contributed by atoms with Gasteiger partial charge in [0.05, 0.1) is 12.1 Å². The molecule has 100 valence electrons. The fraction of sp³-hybridized carbons (Fsp3) is 0.500. The van der Waals surface area contributed by atoms with Gasteiger partial charge in [-0.1, -0.05) is 12.1 Å². The molecule has 0 fully saturated rings. The molecule has 0 aliphatic carbocycles. The number of thioether (sulfide) groups is 1. The predicted molar refractivity (Wildman–Crippen MR) is 76.3 cm³/mol. The van der Waals surface area contributed by atoms with Crippen LogP contribution < -0.4 is 0 Å². The molecule has 0 aromatic heterocycles. The molecule has 0 heterocycles. The highest BCUT2D eigenvalue weighted by Gasteiger charge is 2.17. The highest BCUT2D eigenvalue weighted by Crippen LogP contribution is 2.15. The number of benzene rings is 1. The number of Topliss-reactive ketones (excluding diaryl/α,β-unsaturated/α-hetero) is 1. The van der Waals surface area contributed by atoms with Crippen LogP contribution in [0, 0.1) is 0 Å². The van der Waals surface area contributed by atoms with Crippen molar-refractivity contribution in [3.8, 4) is 0 Å². The van der Waals surface area contributed by atoms with Gasteiger partial charge in [-0.05, 0) is 39.3 Å². The second kappa shape index (κ2) is 6.36. The Morgan fingerprint density at radius 2 is 1.89 bits per heavy atom. The smallest absolute Gasteiger partial charge is 0.176 e. The Kier molecular flexibility index (Phi) is 5.38. The van der Waals surface area contributed by atoms with Crippen LogP contribution in [0.2, 0.25) is 0 Å². The van der Waals surface area contributed by atoms with Gasteiger partial charge in [-0.25, -0.2) is 0 Å². The SMILES string of the molecule is CSc1ccc(C(=O)CN(C)CC(C)(C)O)cc1. The van der Waals surface area contributed by atoms with E-state index in [1.165, 1.54) is 0 Å². The quantitative estimate of drug-likeness (QED) is 0.634.